The zero-order valence-corrected chi connectivity index (χ0v) is 75.6. The van der Waals surface area contributed by atoms with Gasteiger partial charge in [-0.25, -0.2) is 38.4 Å². The Hall–Kier alpha value is -8.64. The van der Waals surface area contributed by atoms with Crippen LogP contribution in [-0.4, -0.2) is 152 Å². The minimum atomic E-state index is -0.761. The van der Waals surface area contributed by atoms with Gasteiger partial charge in [0.05, 0.1) is 23.6 Å². The Bertz CT molecular complexity index is 3700. The molecule has 0 aromatic heterocycles. The second-order valence-electron chi connectivity index (χ2n) is 39.1. The number of nitrogens with zero attached hydrogens (tertiary/aromatic N) is 4. The molecule has 2 aliphatic heterocycles. The molecular weight excluding hydrogens is 1530 g/mol. The fraction of sp³-hybridized carbons (Fsp3) is 0.667. The number of imide groups is 2. The molecule has 0 atom stereocenters. The summed E-state index contributed by atoms with van der Waals surface area (Å²) in [6.45, 7) is 36.1. The maximum Gasteiger partial charge on any atom is 0.424 e. The molecule has 24 nitrogen and oxygen atoms in total. The number of nitrogens with one attached hydrogen (secondary N) is 2. The van der Waals surface area contributed by atoms with Crippen molar-refractivity contribution in [2.24, 2.45) is 35.5 Å². The van der Waals surface area contributed by atoms with Crippen LogP contribution in [0.4, 0.5) is 61.1 Å². The first-order valence-electron chi connectivity index (χ1n) is 44.4. The number of anilines is 4. The number of rotatable bonds is 13. The average Bonchev–Trinajstić information content (AvgIpc) is 0.747. The van der Waals surface area contributed by atoms with Crippen LogP contribution < -0.4 is 20.4 Å². The lowest BCUT2D eigenvalue weighted by Gasteiger charge is -2.55. The molecule has 9 fully saturated rings. The number of benzene rings is 4. The number of hydrogen-bond acceptors (Lipinski definition) is 18. The summed E-state index contributed by atoms with van der Waals surface area (Å²) in [6.07, 6.45) is 23.6. The van der Waals surface area contributed by atoms with E-state index in [1.807, 2.05) is 150 Å². The summed E-state index contributed by atoms with van der Waals surface area (Å²) in [5, 5.41) is 24.2. The molecule has 668 valence electrons. The van der Waals surface area contributed by atoms with Crippen LogP contribution in [0.25, 0.3) is 0 Å². The Morgan fingerprint density at radius 2 is 0.650 bits per heavy atom. The van der Waals surface area contributed by atoms with E-state index in [1.165, 1.54) is 51.4 Å². The highest BCUT2D eigenvalue weighted by Gasteiger charge is 2.53. The van der Waals surface area contributed by atoms with E-state index < -0.39 is 58.0 Å². The van der Waals surface area contributed by atoms with Crippen molar-refractivity contribution in [2.75, 3.05) is 46.6 Å². The minimum Gasteiger partial charge on any atom is -0.444 e. The van der Waals surface area contributed by atoms with E-state index >= 15 is 0 Å². The second-order valence-corrected chi connectivity index (χ2v) is 39.1. The highest BCUT2D eigenvalue weighted by molar-refractivity contribution is 6.10. The van der Waals surface area contributed by atoms with Gasteiger partial charge in [0.1, 0.15) is 44.8 Å². The van der Waals surface area contributed by atoms with E-state index in [9.17, 15) is 48.6 Å². The van der Waals surface area contributed by atoms with E-state index in [-0.39, 0.29) is 47.8 Å². The van der Waals surface area contributed by atoms with Gasteiger partial charge in [-0.3, -0.25) is 10.6 Å². The van der Waals surface area contributed by atoms with Gasteiger partial charge in [-0.2, -0.15) is 9.80 Å². The maximum atomic E-state index is 13.3. The summed E-state index contributed by atoms with van der Waals surface area (Å²) >= 11 is 0. The number of likely N-dealkylation sites (tertiary alicyclic amines) is 2. The van der Waals surface area contributed by atoms with E-state index in [4.69, 9.17) is 37.9 Å². The van der Waals surface area contributed by atoms with E-state index in [0.717, 1.165) is 129 Å². The normalized spacial score (nSPS) is 20.6. The van der Waals surface area contributed by atoms with Crippen molar-refractivity contribution in [1.29, 1.82) is 0 Å². The van der Waals surface area contributed by atoms with E-state index in [0.29, 0.717) is 81.0 Å². The third-order valence-corrected chi connectivity index (χ3v) is 23.8. The number of aliphatic hydroxyl groups is 2. The highest BCUT2D eigenvalue weighted by atomic mass is 16.6. The first-order chi connectivity index (χ1) is 56.3. The molecule has 8 amide bonds. The predicted molar refractivity (Wildman–Crippen MR) is 470 cm³/mol. The zero-order valence-electron chi connectivity index (χ0n) is 75.6. The number of aliphatic hydroxyl groups excluding tert-OH is 2. The van der Waals surface area contributed by atoms with Crippen molar-refractivity contribution in [2.45, 2.75) is 349 Å². The lowest BCUT2D eigenvalue weighted by molar-refractivity contribution is -0.124. The smallest absolute Gasteiger partial charge is 0.424 e. The molecule has 7 saturated carbocycles. The second kappa shape index (κ2) is 44.9. The van der Waals surface area contributed by atoms with Crippen LogP contribution in [0.1, 0.15) is 292 Å². The molecule has 7 aliphatic carbocycles. The maximum absolute atomic E-state index is 13.3. The molecule has 4 N–H and O–H groups in total. The van der Waals surface area contributed by atoms with E-state index in [1.54, 1.807) is 106 Å². The van der Waals surface area contributed by atoms with Gasteiger partial charge in [0.15, 0.2) is 0 Å². The number of amides is 8. The monoisotopic (exact) mass is 1670 g/mol. The molecular formula is C96H146N6O18. The molecule has 2 heterocycles. The number of carbonyl (C=O) groups excluding carboxylic acids is 8. The van der Waals surface area contributed by atoms with Crippen molar-refractivity contribution in [3.63, 3.8) is 0 Å². The summed E-state index contributed by atoms with van der Waals surface area (Å²) in [7, 11) is 0. The van der Waals surface area contributed by atoms with Crippen molar-refractivity contribution in [3.05, 3.63) is 121 Å². The Kier molecular flexibility index (Phi) is 36.9. The van der Waals surface area contributed by atoms with Crippen molar-refractivity contribution in [1.82, 2.24) is 9.80 Å². The van der Waals surface area contributed by atoms with E-state index in [2.05, 4.69) is 10.6 Å². The van der Waals surface area contributed by atoms with Crippen molar-refractivity contribution >= 4 is 71.5 Å². The van der Waals surface area contributed by atoms with Crippen LogP contribution in [-0.2, 0) is 37.9 Å². The van der Waals surface area contributed by atoms with Crippen molar-refractivity contribution in [3.8, 4) is 0 Å². The van der Waals surface area contributed by atoms with Gasteiger partial charge in [0, 0.05) is 37.6 Å². The SMILES string of the molecule is CC(C)(C)OC(=O)N(C(=O)OC(C)(C)C)c1ccccc1.CC(C)(C)OC(=O)N1CCC(O)CC1.CC(C)(OC(=O)N(C(=O)OC(C)(C)C1CCCCC1)c1ccccc1)C1CCCCC1.CC(C)(OC(=O)Nc1ccccc1)C1CCCCC1.CCC(C)(C)OC(=O)N1CCC(O)CC1.O=C(Nc1ccccc1)OC12CC3CC(CC(C3)C1)C2. The number of piperidine rings is 2. The molecule has 13 rings (SSSR count). The number of ether oxygens (including phenoxy) is 8. The van der Waals surface area contributed by atoms with Gasteiger partial charge in [-0.1, -0.05) is 138 Å². The van der Waals surface area contributed by atoms with Crippen molar-refractivity contribution < 1.29 is 86.5 Å². The van der Waals surface area contributed by atoms with Gasteiger partial charge in [0.25, 0.3) is 0 Å². The fourth-order valence-corrected chi connectivity index (χ4v) is 17.2. The molecule has 0 spiro atoms. The third kappa shape index (κ3) is 33.6. The molecule has 9 aliphatic rings. The first kappa shape index (κ1) is 98.5. The summed E-state index contributed by atoms with van der Waals surface area (Å²) in [6, 6.07) is 36.5. The number of hydrogen-bond donors (Lipinski definition) is 4. The van der Waals surface area contributed by atoms with Gasteiger partial charge < -0.3 is 57.9 Å². The van der Waals surface area contributed by atoms with Gasteiger partial charge in [0.2, 0.25) is 0 Å². The summed E-state index contributed by atoms with van der Waals surface area (Å²) < 4.78 is 44.6. The Morgan fingerprint density at radius 3 is 0.958 bits per heavy atom. The lowest BCUT2D eigenvalue weighted by Crippen LogP contribution is -2.53. The van der Waals surface area contributed by atoms with Crippen LogP contribution in [0, 0.1) is 35.5 Å². The lowest BCUT2D eigenvalue weighted by atomic mass is 9.54. The zero-order chi connectivity index (χ0) is 88.3. The first-order valence-corrected chi connectivity index (χ1v) is 44.4. The van der Waals surface area contributed by atoms with Crippen LogP contribution in [0.2, 0.25) is 0 Å². The van der Waals surface area contributed by atoms with Crippen LogP contribution in [0.15, 0.2) is 121 Å². The summed E-state index contributed by atoms with van der Waals surface area (Å²) in [5.41, 5.74) is -1.61. The predicted octanol–water partition coefficient (Wildman–Crippen LogP) is 23.8. The number of para-hydroxylation sites is 4. The Morgan fingerprint density at radius 1 is 0.367 bits per heavy atom. The largest absolute Gasteiger partial charge is 0.444 e. The molecule has 120 heavy (non-hydrogen) atoms. The molecule has 24 heteroatoms. The third-order valence-electron chi connectivity index (χ3n) is 23.8. The minimum absolute atomic E-state index is 0.159. The standard InChI is InChI=1S/C26H39NO4.C17H21NO2.C16H23NO4.C16H23NO2.C11H21NO3.C10H19NO3/c1-25(2,20-14-8-5-9-15-20)30-23(28)27(22-18-12-7-13-19-22)24(29)31-26(3,4)21-16-10-6-11-17-21;19-16(18-15-4-2-1-3-5-15)20-17-9-12-6-13(10-17)8-14(7-12)11-17;1-15(2,3)20-13(18)17(12-10-8-7-9-11-12)14(19)21-16(4,5)6;1-16(2,13-9-5-3-6-10-13)19-15(18)17-14-11-7-4-8-12-14;1-4-11(2,3)15-10(14)12-7-5-9(13)6-8-12;1-10(2,3)14-9(13)11-6-4-8(12)5-7-11/h7,12-13,18-21H,5-6,8-11,14-17H2,1-4H3;1-5,12-14H,6-11H2,(H,18,19);7-11H,1-6H3;4,7-8,11-13H,3,5-6,9-10H2,1-2H3,(H,17,18);9,13H,4-8H2,1-3H3;8,12H,4-7H2,1-3H3. The summed E-state index contributed by atoms with van der Waals surface area (Å²) in [5.74, 6) is 3.47. The van der Waals surface area contributed by atoms with Gasteiger partial charge in [-0.15, -0.1) is 0 Å². The summed E-state index contributed by atoms with van der Waals surface area (Å²) in [4.78, 5) is 104. The van der Waals surface area contributed by atoms with Crippen LogP contribution in [0.5, 0.6) is 0 Å². The quantitative estimate of drug-likeness (QED) is 0.0905. The molecule has 0 unspecified atom stereocenters. The Labute approximate surface area is 716 Å². The molecule has 2 saturated heterocycles. The number of carbonyl (C=O) groups is 8. The molecule has 4 bridgehead atoms. The fourth-order valence-electron chi connectivity index (χ4n) is 17.2. The average molecular weight is 1670 g/mol. The molecule has 0 radical (unpaired) electrons. The molecule has 4 aromatic rings. The van der Waals surface area contributed by atoms with Crippen LogP contribution in [0.3, 0.4) is 0 Å². The van der Waals surface area contributed by atoms with Gasteiger partial charge in [-0.05, 0) is 311 Å². The molecule has 4 aromatic carbocycles. The highest BCUT2D eigenvalue weighted by Crippen LogP contribution is 2.57. The van der Waals surface area contributed by atoms with Crippen LogP contribution >= 0.6 is 0 Å². The topological polar surface area (TPSA) is 288 Å². The van der Waals surface area contributed by atoms with Gasteiger partial charge >= 0.3 is 48.7 Å². The Balaban J connectivity index is 0.000000203.